The fourth-order valence-electron chi connectivity index (χ4n) is 5.01. The fraction of sp³-hybridized carbons (Fsp3) is 0.200. The van der Waals surface area contributed by atoms with Crippen LogP contribution < -0.4 is 20.3 Å². The molecule has 12 heteroatoms. The van der Waals surface area contributed by atoms with Gasteiger partial charge in [0.1, 0.15) is 5.75 Å². The van der Waals surface area contributed by atoms with Crippen LogP contribution in [0.15, 0.2) is 93.2 Å². The van der Waals surface area contributed by atoms with Gasteiger partial charge in [-0.25, -0.2) is 4.98 Å². The van der Waals surface area contributed by atoms with Crippen molar-refractivity contribution in [1.82, 2.24) is 9.66 Å². The van der Waals surface area contributed by atoms with E-state index in [1.165, 1.54) is 17.0 Å². The van der Waals surface area contributed by atoms with Crippen molar-refractivity contribution in [2.24, 2.45) is 5.10 Å². The summed E-state index contributed by atoms with van der Waals surface area (Å²) in [6.07, 6.45) is 1.35. The number of nitrogens with zero attached hydrogens (tertiary/aromatic N) is 4. The number of halogens is 1. The third kappa shape index (κ3) is 7.39. The molecule has 0 saturated heterocycles. The first kappa shape index (κ1) is 33.0. The summed E-state index contributed by atoms with van der Waals surface area (Å²) in [6.45, 7) is 8.01. The van der Waals surface area contributed by atoms with Crippen molar-refractivity contribution in [1.29, 1.82) is 0 Å². The number of carbonyl (C=O) groups is 1. The predicted octanol–water partition coefficient (Wildman–Crippen LogP) is 7.46. The highest BCUT2D eigenvalue weighted by Gasteiger charge is 2.22. The maximum absolute atomic E-state index is 13.8. The van der Waals surface area contributed by atoms with Crippen LogP contribution in [0, 0.1) is 17.0 Å². The third-order valence-corrected chi connectivity index (χ3v) is 7.83. The number of ether oxygens (including phenoxy) is 2. The molecule has 1 heterocycles. The molecule has 0 aliphatic carbocycles. The highest BCUT2D eigenvalue weighted by Crippen LogP contribution is 2.37. The molecular formula is C35H32BrN5O6. The number of rotatable bonds is 11. The van der Waals surface area contributed by atoms with Crippen LogP contribution in [0.5, 0.6) is 11.5 Å². The Bertz CT molecular complexity index is 2060. The minimum Gasteiger partial charge on any atom is -0.494 e. The van der Waals surface area contributed by atoms with Crippen molar-refractivity contribution in [2.75, 3.05) is 18.5 Å². The maximum Gasteiger partial charge on any atom is 0.312 e. The Labute approximate surface area is 279 Å². The zero-order valence-electron chi connectivity index (χ0n) is 26.2. The standard InChI is InChI=1S/C35H32BrN5O6/c1-5-46-31-15-22(4)27(18-26(31)21(2)3)34-39-29-14-10-9-13-25(29)35(43)40(34)37-19-23-16-28(36)33(30(17-23)41(44)45)47-20-32(42)38-24-11-7-6-8-12-24/h6-19,21H,5,20H2,1-4H3,(H,38,42). The Kier molecular flexibility index (Phi) is 10.1. The van der Waals surface area contributed by atoms with Gasteiger partial charge in [-0.1, -0.05) is 44.2 Å². The minimum atomic E-state index is -0.613. The largest absolute Gasteiger partial charge is 0.494 e. The van der Waals surface area contributed by atoms with E-state index in [9.17, 15) is 19.7 Å². The summed E-state index contributed by atoms with van der Waals surface area (Å²) in [5, 5.41) is 19.6. The van der Waals surface area contributed by atoms with Crippen LogP contribution in [0.1, 0.15) is 43.4 Å². The van der Waals surface area contributed by atoms with Crippen LogP contribution in [0.25, 0.3) is 22.3 Å². The molecule has 240 valence electrons. The van der Waals surface area contributed by atoms with Gasteiger partial charge in [-0.3, -0.25) is 19.7 Å². The summed E-state index contributed by atoms with van der Waals surface area (Å²) < 4.78 is 12.9. The number of nitrogens with one attached hydrogen (secondary N) is 1. The van der Waals surface area contributed by atoms with E-state index < -0.39 is 23.0 Å². The molecule has 0 spiro atoms. The summed E-state index contributed by atoms with van der Waals surface area (Å²) in [5.74, 6) is 0.600. The molecule has 0 saturated carbocycles. The molecule has 0 atom stereocenters. The quantitative estimate of drug-likeness (QED) is 0.0859. The van der Waals surface area contributed by atoms with Crippen molar-refractivity contribution in [3.8, 4) is 22.9 Å². The summed E-state index contributed by atoms with van der Waals surface area (Å²) >= 11 is 3.34. The Morgan fingerprint density at radius 1 is 1.09 bits per heavy atom. The average molecular weight is 699 g/mol. The van der Waals surface area contributed by atoms with E-state index in [1.54, 1.807) is 48.5 Å². The van der Waals surface area contributed by atoms with Gasteiger partial charge in [-0.05, 0) is 89.3 Å². The lowest BCUT2D eigenvalue weighted by molar-refractivity contribution is -0.385. The first-order valence-corrected chi connectivity index (χ1v) is 15.7. The minimum absolute atomic E-state index is 0.119. The molecule has 1 N–H and O–H groups in total. The van der Waals surface area contributed by atoms with Crippen LogP contribution in [-0.4, -0.2) is 39.9 Å². The van der Waals surface area contributed by atoms with Crippen molar-refractivity contribution >= 4 is 50.3 Å². The monoisotopic (exact) mass is 697 g/mol. The van der Waals surface area contributed by atoms with Gasteiger partial charge in [0.2, 0.25) is 5.75 Å². The number of nitro groups is 1. The summed E-state index contributed by atoms with van der Waals surface area (Å²) in [6, 6.07) is 22.5. The van der Waals surface area contributed by atoms with Crippen LogP contribution >= 0.6 is 15.9 Å². The van der Waals surface area contributed by atoms with Crippen LogP contribution in [0.4, 0.5) is 11.4 Å². The molecule has 0 bridgehead atoms. The molecule has 1 amide bonds. The number of carbonyl (C=O) groups excluding carboxylic acids is 1. The molecule has 0 radical (unpaired) electrons. The van der Waals surface area contributed by atoms with Gasteiger partial charge in [0, 0.05) is 22.9 Å². The van der Waals surface area contributed by atoms with Gasteiger partial charge in [0.15, 0.2) is 12.4 Å². The zero-order valence-corrected chi connectivity index (χ0v) is 27.8. The van der Waals surface area contributed by atoms with E-state index in [0.717, 1.165) is 16.9 Å². The zero-order chi connectivity index (χ0) is 33.7. The van der Waals surface area contributed by atoms with E-state index in [4.69, 9.17) is 14.5 Å². The molecule has 47 heavy (non-hydrogen) atoms. The number of hydrogen-bond donors (Lipinski definition) is 1. The van der Waals surface area contributed by atoms with Gasteiger partial charge in [-0.15, -0.1) is 0 Å². The Morgan fingerprint density at radius 2 is 1.81 bits per heavy atom. The van der Waals surface area contributed by atoms with Gasteiger partial charge in [0.25, 0.3) is 11.5 Å². The molecule has 5 aromatic rings. The van der Waals surface area contributed by atoms with Gasteiger partial charge >= 0.3 is 5.69 Å². The summed E-state index contributed by atoms with van der Waals surface area (Å²) in [4.78, 5) is 42.5. The van der Waals surface area contributed by atoms with Crippen molar-refractivity contribution in [3.63, 3.8) is 0 Å². The number of aryl methyl sites for hydroxylation is 1. The first-order chi connectivity index (χ1) is 22.6. The number of benzene rings is 4. The molecular weight excluding hydrogens is 666 g/mol. The van der Waals surface area contributed by atoms with Crippen LogP contribution in [0.2, 0.25) is 0 Å². The number of anilines is 1. The number of amides is 1. The Morgan fingerprint density at radius 3 is 2.51 bits per heavy atom. The summed E-state index contributed by atoms with van der Waals surface area (Å²) in [5.41, 5.74) is 3.08. The SMILES string of the molecule is CCOc1cc(C)c(-c2nc3ccccc3c(=O)n2N=Cc2cc(Br)c(OCC(=O)Nc3ccccc3)c([N+](=O)[O-])c2)cc1C(C)C. The van der Waals surface area contributed by atoms with Gasteiger partial charge < -0.3 is 14.8 Å². The van der Waals surface area contributed by atoms with Crippen LogP contribution in [0.3, 0.4) is 0 Å². The topological polar surface area (TPSA) is 138 Å². The summed E-state index contributed by atoms with van der Waals surface area (Å²) in [7, 11) is 0. The van der Waals surface area contributed by atoms with Crippen LogP contribution in [-0.2, 0) is 4.79 Å². The fourth-order valence-corrected chi connectivity index (χ4v) is 5.59. The highest BCUT2D eigenvalue weighted by atomic mass is 79.9. The van der Waals surface area contributed by atoms with E-state index in [0.29, 0.717) is 40.1 Å². The van der Waals surface area contributed by atoms with Crippen molar-refractivity contribution in [3.05, 3.63) is 120 Å². The number of fused-ring (bicyclic) bond motifs is 1. The Hall–Kier alpha value is -5.36. The lowest BCUT2D eigenvalue weighted by atomic mass is 9.96. The lowest BCUT2D eigenvalue weighted by Gasteiger charge is -2.18. The van der Waals surface area contributed by atoms with E-state index >= 15 is 0 Å². The molecule has 0 unspecified atom stereocenters. The third-order valence-electron chi connectivity index (χ3n) is 7.24. The number of para-hydroxylation sites is 2. The number of aromatic nitrogens is 2. The second-order valence-corrected chi connectivity index (χ2v) is 11.8. The smallest absolute Gasteiger partial charge is 0.312 e. The molecule has 1 aromatic heterocycles. The highest BCUT2D eigenvalue weighted by molar-refractivity contribution is 9.10. The molecule has 5 rings (SSSR count). The maximum atomic E-state index is 13.8. The first-order valence-electron chi connectivity index (χ1n) is 14.9. The van der Waals surface area contributed by atoms with E-state index in [1.807, 2.05) is 38.1 Å². The molecule has 0 fully saturated rings. The molecule has 0 aliphatic heterocycles. The van der Waals surface area contributed by atoms with Gasteiger partial charge in [-0.2, -0.15) is 9.78 Å². The number of hydrogen-bond acceptors (Lipinski definition) is 8. The van der Waals surface area contributed by atoms with E-state index in [-0.39, 0.29) is 21.8 Å². The second kappa shape index (κ2) is 14.4. The molecule has 0 aliphatic rings. The van der Waals surface area contributed by atoms with E-state index in [2.05, 4.69) is 40.2 Å². The molecule has 4 aromatic carbocycles. The predicted molar refractivity (Wildman–Crippen MR) is 186 cm³/mol. The lowest BCUT2D eigenvalue weighted by Crippen LogP contribution is -2.21. The van der Waals surface area contributed by atoms with Crippen molar-refractivity contribution < 1.29 is 19.2 Å². The number of nitro benzene ring substituents is 1. The second-order valence-electron chi connectivity index (χ2n) is 10.9. The normalized spacial score (nSPS) is 11.3. The van der Waals surface area contributed by atoms with Crippen molar-refractivity contribution in [2.45, 2.75) is 33.6 Å². The molecule has 11 nitrogen and oxygen atoms in total. The van der Waals surface area contributed by atoms with Gasteiger partial charge in [0.05, 0.1) is 33.1 Å². The average Bonchev–Trinajstić information content (AvgIpc) is 3.04. The Balaban J connectivity index is 1.55.